The number of nitriles is 1. The number of ether oxygens (including phenoxy) is 2. The van der Waals surface area contributed by atoms with Gasteiger partial charge in [0.05, 0.1) is 11.6 Å². The van der Waals surface area contributed by atoms with Crippen molar-refractivity contribution < 1.29 is 18.7 Å². The van der Waals surface area contributed by atoms with Gasteiger partial charge in [-0.25, -0.2) is 4.79 Å². The first-order chi connectivity index (χ1) is 13.0. The highest BCUT2D eigenvalue weighted by Crippen LogP contribution is 2.20. The standard InChI is InChI=1S/C19H14ClN3O4/c1-12(26-16-8-2-13(10-21)3-9-16)19(24)25-11-17-22-23-18(27-17)14-4-6-15(20)7-5-14/h2-9,12H,11H2,1H3/t12-/m0/s1. The molecular formula is C19H14ClN3O4. The quantitative estimate of drug-likeness (QED) is 0.597. The first kappa shape index (κ1) is 18.4. The van der Waals surface area contributed by atoms with E-state index in [9.17, 15) is 4.79 Å². The second-order valence-electron chi connectivity index (χ2n) is 5.51. The van der Waals surface area contributed by atoms with Crippen molar-refractivity contribution in [3.63, 3.8) is 0 Å². The van der Waals surface area contributed by atoms with E-state index in [1.54, 1.807) is 55.5 Å². The Bertz CT molecular complexity index is 962. The molecule has 0 amide bonds. The summed E-state index contributed by atoms with van der Waals surface area (Å²) in [4.78, 5) is 12.1. The van der Waals surface area contributed by atoms with E-state index < -0.39 is 12.1 Å². The van der Waals surface area contributed by atoms with E-state index >= 15 is 0 Å². The monoisotopic (exact) mass is 383 g/mol. The number of halogens is 1. The van der Waals surface area contributed by atoms with Crippen LogP contribution in [0.5, 0.6) is 5.75 Å². The van der Waals surface area contributed by atoms with Crippen LogP contribution in [0.2, 0.25) is 5.02 Å². The maximum Gasteiger partial charge on any atom is 0.347 e. The van der Waals surface area contributed by atoms with Gasteiger partial charge < -0.3 is 13.9 Å². The van der Waals surface area contributed by atoms with Gasteiger partial charge in [-0.05, 0) is 55.5 Å². The summed E-state index contributed by atoms with van der Waals surface area (Å²) in [6, 6.07) is 15.4. The molecule has 1 heterocycles. The van der Waals surface area contributed by atoms with Crippen molar-refractivity contribution in [2.75, 3.05) is 0 Å². The molecular weight excluding hydrogens is 370 g/mol. The topological polar surface area (TPSA) is 98.2 Å². The van der Waals surface area contributed by atoms with Crippen LogP contribution in [0.25, 0.3) is 11.5 Å². The van der Waals surface area contributed by atoms with Crippen molar-refractivity contribution >= 4 is 17.6 Å². The Morgan fingerprint density at radius 3 is 2.56 bits per heavy atom. The fraction of sp³-hybridized carbons (Fsp3) is 0.158. The molecule has 8 heteroatoms. The fourth-order valence-electron chi connectivity index (χ4n) is 2.13. The van der Waals surface area contributed by atoms with E-state index in [0.29, 0.717) is 27.8 Å². The first-order valence-corrected chi connectivity index (χ1v) is 8.35. The van der Waals surface area contributed by atoms with Crippen molar-refractivity contribution in [2.24, 2.45) is 0 Å². The highest BCUT2D eigenvalue weighted by Gasteiger charge is 2.18. The summed E-state index contributed by atoms with van der Waals surface area (Å²) in [6.45, 7) is 1.40. The summed E-state index contributed by atoms with van der Waals surface area (Å²) < 4.78 is 16.1. The van der Waals surface area contributed by atoms with E-state index in [1.807, 2.05) is 6.07 Å². The Hall–Kier alpha value is -3.37. The Morgan fingerprint density at radius 1 is 1.19 bits per heavy atom. The Balaban J connectivity index is 1.54. The second kappa shape index (κ2) is 8.34. The largest absolute Gasteiger partial charge is 0.479 e. The molecule has 0 aliphatic carbocycles. The third-order valence-electron chi connectivity index (χ3n) is 3.52. The highest BCUT2D eigenvalue weighted by atomic mass is 35.5. The van der Waals surface area contributed by atoms with Gasteiger partial charge in [-0.15, -0.1) is 10.2 Å². The molecule has 0 N–H and O–H groups in total. The molecule has 2 aromatic carbocycles. The molecule has 0 unspecified atom stereocenters. The number of aromatic nitrogens is 2. The number of carbonyl (C=O) groups excluding carboxylic acids is 1. The average Bonchev–Trinajstić information content (AvgIpc) is 3.16. The molecule has 0 fully saturated rings. The minimum absolute atomic E-state index is 0.166. The van der Waals surface area contributed by atoms with Gasteiger partial charge in [-0.3, -0.25) is 0 Å². The van der Waals surface area contributed by atoms with Crippen LogP contribution in [0.15, 0.2) is 52.9 Å². The summed E-state index contributed by atoms with van der Waals surface area (Å²) in [5, 5.41) is 17.1. The lowest BCUT2D eigenvalue weighted by Gasteiger charge is -2.13. The summed E-state index contributed by atoms with van der Waals surface area (Å²) in [5.74, 6) is 0.352. The minimum atomic E-state index is -0.836. The van der Waals surface area contributed by atoms with Crippen LogP contribution in [0.3, 0.4) is 0 Å². The smallest absolute Gasteiger partial charge is 0.347 e. The van der Waals surface area contributed by atoms with Gasteiger partial charge in [0, 0.05) is 10.6 Å². The van der Waals surface area contributed by atoms with Crippen LogP contribution in [-0.4, -0.2) is 22.3 Å². The number of nitrogens with zero attached hydrogens (tertiary/aromatic N) is 3. The van der Waals surface area contributed by atoms with E-state index in [4.69, 9.17) is 30.8 Å². The van der Waals surface area contributed by atoms with Gasteiger partial charge in [0.1, 0.15) is 5.75 Å². The summed E-state index contributed by atoms with van der Waals surface area (Å²) >= 11 is 5.84. The van der Waals surface area contributed by atoms with Crippen LogP contribution in [-0.2, 0) is 16.1 Å². The minimum Gasteiger partial charge on any atom is -0.479 e. The summed E-state index contributed by atoms with van der Waals surface area (Å²) in [5.41, 5.74) is 1.22. The second-order valence-corrected chi connectivity index (χ2v) is 5.95. The molecule has 0 radical (unpaired) electrons. The lowest BCUT2D eigenvalue weighted by molar-refractivity contribution is -0.153. The predicted molar refractivity (Wildman–Crippen MR) is 95.8 cm³/mol. The van der Waals surface area contributed by atoms with Crippen molar-refractivity contribution in [2.45, 2.75) is 19.6 Å². The number of esters is 1. The molecule has 3 aromatic rings. The Morgan fingerprint density at radius 2 is 1.89 bits per heavy atom. The number of carbonyl (C=O) groups is 1. The molecule has 0 aliphatic rings. The molecule has 27 heavy (non-hydrogen) atoms. The van der Waals surface area contributed by atoms with Gasteiger partial charge in [0.25, 0.3) is 5.89 Å². The highest BCUT2D eigenvalue weighted by molar-refractivity contribution is 6.30. The summed E-state index contributed by atoms with van der Waals surface area (Å²) in [7, 11) is 0. The first-order valence-electron chi connectivity index (χ1n) is 7.97. The maximum absolute atomic E-state index is 12.1. The SMILES string of the molecule is C[C@H](Oc1ccc(C#N)cc1)C(=O)OCc1nnc(-c2ccc(Cl)cc2)o1. The molecule has 3 rings (SSSR count). The number of hydrogen-bond donors (Lipinski definition) is 0. The predicted octanol–water partition coefficient (Wildman–Crippen LogP) is 3.77. The Labute approximate surface area is 160 Å². The third kappa shape index (κ3) is 4.84. The van der Waals surface area contributed by atoms with Crippen LogP contribution in [0.4, 0.5) is 0 Å². The molecule has 0 saturated carbocycles. The van der Waals surface area contributed by atoms with Gasteiger partial charge in [0.2, 0.25) is 5.89 Å². The average molecular weight is 384 g/mol. The molecule has 0 spiro atoms. The molecule has 0 aliphatic heterocycles. The van der Waals surface area contributed by atoms with Crippen molar-refractivity contribution in [3.8, 4) is 23.3 Å². The molecule has 0 saturated heterocycles. The Kier molecular flexibility index (Phi) is 5.69. The van der Waals surface area contributed by atoms with Gasteiger partial charge in [-0.1, -0.05) is 11.6 Å². The van der Waals surface area contributed by atoms with Crippen LogP contribution >= 0.6 is 11.6 Å². The fourth-order valence-corrected chi connectivity index (χ4v) is 2.26. The maximum atomic E-state index is 12.1. The van der Waals surface area contributed by atoms with E-state index in [0.717, 1.165) is 0 Å². The molecule has 136 valence electrons. The zero-order chi connectivity index (χ0) is 19.2. The molecule has 1 atom stereocenters. The molecule has 0 bridgehead atoms. The van der Waals surface area contributed by atoms with Crippen molar-refractivity contribution in [1.82, 2.24) is 10.2 Å². The van der Waals surface area contributed by atoms with E-state index in [2.05, 4.69) is 10.2 Å². The van der Waals surface area contributed by atoms with Gasteiger partial charge in [-0.2, -0.15) is 5.26 Å². The summed E-state index contributed by atoms with van der Waals surface area (Å²) in [6.07, 6.45) is -0.836. The van der Waals surface area contributed by atoms with Gasteiger partial charge >= 0.3 is 5.97 Å². The zero-order valence-electron chi connectivity index (χ0n) is 14.3. The van der Waals surface area contributed by atoms with Gasteiger partial charge in [0.15, 0.2) is 12.7 Å². The molecule has 7 nitrogen and oxygen atoms in total. The lowest BCUT2D eigenvalue weighted by Crippen LogP contribution is -2.26. The number of benzene rings is 2. The van der Waals surface area contributed by atoms with Crippen molar-refractivity contribution in [3.05, 3.63) is 65.0 Å². The third-order valence-corrected chi connectivity index (χ3v) is 3.78. The van der Waals surface area contributed by atoms with Crippen LogP contribution < -0.4 is 4.74 Å². The zero-order valence-corrected chi connectivity index (χ0v) is 15.0. The van der Waals surface area contributed by atoms with E-state index in [-0.39, 0.29) is 12.5 Å². The van der Waals surface area contributed by atoms with Crippen LogP contribution in [0, 0.1) is 11.3 Å². The van der Waals surface area contributed by atoms with Crippen molar-refractivity contribution in [1.29, 1.82) is 5.26 Å². The van der Waals surface area contributed by atoms with E-state index in [1.165, 1.54) is 0 Å². The molecule has 1 aromatic heterocycles. The number of rotatable bonds is 6. The number of hydrogen-bond acceptors (Lipinski definition) is 7. The lowest BCUT2D eigenvalue weighted by atomic mass is 10.2. The normalized spacial score (nSPS) is 11.4. The van der Waals surface area contributed by atoms with Crippen LogP contribution in [0.1, 0.15) is 18.4 Å².